The van der Waals surface area contributed by atoms with Crippen molar-refractivity contribution in [3.05, 3.63) is 45.9 Å². The van der Waals surface area contributed by atoms with Gasteiger partial charge in [-0.05, 0) is 26.0 Å². The standard InChI is InChI=1S/C14H16N4S/c1-10-8-14(18-13(16-10)6-7-15-18)17(3)9-12-5-4-11(2)19-12/h4-8H,9H2,1-3H3. The second kappa shape index (κ2) is 4.66. The van der Waals surface area contributed by atoms with Gasteiger partial charge in [0.1, 0.15) is 5.82 Å². The zero-order valence-electron chi connectivity index (χ0n) is 11.3. The van der Waals surface area contributed by atoms with Gasteiger partial charge in [-0.1, -0.05) is 0 Å². The summed E-state index contributed by atoms with van der Waals surface area (Å²) in [6.07, 6.45) is 1.79. The maximum atomic E-state index is 4.47. The Morgan fingerprint density at radius 1 is 1.26 bits per heavy atom. The predicted molar refractivity (Wildman–Crippen MR) is 78.9 cm³/mol. The Morgan fingerprint density at radius 3 is 2.84 bits per heavy atom. The van der Waals surface area contributed by atoms with Gasteiger partial charge in [-0.25, -0.2) is 4.98 Å². The highest BCUT2D eigenvalue weighted by Gasteiger charge is 2.10. The minimum atomic E-state index is 0.886. The van der Waals surface area contributed by atoms with E-state index in [4.69, 9.17) is 0 Å². The molecule has 3 aromatic heterocycles. The van der Waals surface area contributed by atoms with Gasteiger partial charge in [0.05, 0.1) is 12.7 Å². The number of rotatable bonds is 3. The van der Waals surface area contributed by atoms with Crippen molar-refractivity contribution in [3.63, 3.8) is 0 Å². The van der Waals surface area contributed by atoms with Gasteiger partial charge in [0.15, 0.2) is 5.65 Å². The van der Waals surface area contributed by atoms with Crippen LogP contribution in [0, 0.1) is 13.8 Å². The van der Waals surface area contributed by atoms with Crippen LogP contribution in [0.5, 0.6) is 0 Å². The Hall–Kier alpha value is -1.88. The molecular formula is C14H16N4S. The summed E-state index contributed by atoms with van der Waals surface area (Å²) in [5.74, 6) is 1.07. The molecule has 5 heteroatoms. The van der Waals surface area contributed by atoms with Crippen molar-refractivity contribution in [2.24, 2.45) is 0 Å². The molecule has 0 aliphatic carbocycles. The lowest BCUT2D eigenvalue weighted by Crippen LogP contribution is -2.19. The summed E-state index contributed by atoms with van der Waals surface area (Å²) >= 11 is 1.84. The smallest absolute Gasteiger partial charge is 0.157 e. The first kappa shape index (κ1) is 12.2. The van der Waals surface area contributed by atoms with E-state index in [9.17, 15) is 0 Å². The summed E-state index contributed by atoms with van der Waals surface area (Å²) in [5, 5.41) is 4.34. The van der Waals surface area contributed by atoms with Gasteiger partial charge in [0.25, 0.3) is 0 Å². The molecule has 0 saturated heterocycles. The zero-order chi connectivity index (χ0) is 13.4. The summed E-state index contributed by atoms with van der Waals surface area (Å²) < 4.78 is 1.88. The molecule has 0 N–H and O–H groups in total. The Morgan fingerprint density at radius 2 is 2.11 bits per heavy atom. The molecular weight excluding hydrogens is 256 g/mol. The minimum absolute atomic E-state index is 0.886. The van der Waals surface area contributed by atoms with Crippen LogP contribution in [0.4, 0.5) is 5.82 Å². The summed E-state index contributed by atoms with van der Waals surface area (Å²) in [5.41, 5.74) is 1.90. The Bertz CT molecular complexity index is 713. The highest BCUT2D eigenvalue weighted by Crippen LogP contribution is 2.21. The molecule has 0 aromatic carbocycles. The monoisotopic (exact) mass is 272 g/mol. The van der Waals surface area contributed by atoms with Gasteiger partial charge in [0.2, 0.25) is 0 Å². The van der Waals surface area contributed by atoms with Crippen molar-refractivity contribution in [3.8, 4) is 0 Å². The van der Waals surface area contributed by atoms with Crippen molar-refractivity contribution in [2.45, 2.75) is 20.4 Å². The summed E-state index contributed by atoms with van der Waals surface area (Å²) in [6, 6.07) is 8.35. The van der Waals surface area contributed by atoms with E-state index in [1.807, 2.05) is 28.8 Å². The van der Waals surface area contributed by atoms with Gasteiger partial charge in [-0.2, -0.15) is 9.61 Å². The topological polar surface area (TPSA) is 33.4 Å². The lowest BCUT2D eigenvalue weighted by Gasteiger charge is -2.19. The maximum absolute atomic E-state index is 4.47. The molecule has 3 aromatic rings. The molecule has 0 bridgehead atoms. The van der Waals surface area contributed by atoms with Crippen molar-refractivity contribution in [1.82, 2.24) is 14.6 Å². The van der Waals surface area contributed by atoms with Crippen LogP contribution in [0.25, 0.3) is 5.65 Å². The molecule has 0 atom stereocenters. The fraction of sp³-hybridized carbons (Fsp3) is 0.286. The van der Waals surface area contributed by atoms with Crippen LogP contribution in [-0.2, 0) is 6.54 Å². The zero-order valence-corrected chi connectivity index (χ0v) is 12.1. The van der Waals surface area contributed by atoms with Gasteiger partial charge >= 0.3 is 0 Å². The predicted octanol–water partition coefficient (Wildman–Crippen LogP) is 3.04. The van der Waals surface area contributed by atoms with E-state index in [0.717, 1.165) is 23.7 Å². The molecule has 0 spiro atoms. The van der Waals surface area contributed by atoms with E-state index < -0.39 is 0 Å². The molecule has 0 aliphatic heterocycles. The number of aromatic nitrogens is 3. The highest BCUT2D eigenvalue weighted by molar-refractivity contribution is 7.11. The SMILES string of the molecule is Cc1cc(N(C)Cc2ccc(C)s2)n2nccc2n1. The first-order valence-electron chi connectivity index (χ1n) is 6.21. The Kier molecular flexibility index (Phi) is 2.98. The number of nitrogens with zero attached hydrogens (tertiary/aromatic N) is 4. The normalized spacial score (nSPS) is 11.1. The van der Waals surface area contributed by atoms with E-state index in [1.54, 1.807) is 6.20 Å². The van der Waals surface area contributed by atoms with Crippen molar-refractivity contribution >= 4 is 22.8 Å². The van der Waals surface area contributed by atoms with Gasteiger partial charge in [0, 0.05) is 34.6 Å². The Labute approximate surface area is 116 Å². The number of fused-ring (bicyclic) bond motifs is 1. The van der Waals surface area contributed by atoms with Crippen LogP contribution in [0.1, 0.15) is 15.4 Å². The molecule has 0 amide bonds. The third-order valence-corrected chi connectivity index (χ3v) is 4.03. The molecule has 0 saturated carbocycles. The minimum Gasteiger partial charge on any atom is -0.354 e. The van der Waals surface area contributed by atoms with E-state index in [1.165, 1.54) is 9.75 Å². The molecule has 3 rings (SSSR count). The lowest BCUT2D eigenvalue weighted by atomic mass is 10.3. The first-order chi connectivity index (χ1) is 9.13. The number of hydrogen-bond donors (Lipinski definition) is 0. The van der Waals surface area contributed by atoms with Crippen LogP contribution < -0.4 is 4.90 Å². The van der Waals surface area contributed by atoms with Crippen molar-refractivity contribution in [1.29, 1.82) is 0 Å². The third kappa shape index (κ3) is 2.33. The average molecular weight is 272 g/mol. The largest absolute Gasteiger partial charge is 0.354 e. The number of hydrogen-bond acceptors (Lipinski definition) is 4. The molecule has 4 nitrogen and oxygen atoms in total. The number of thiophene rings is 1. The van der Waals surface area contributed by atoms with Crippen molar-refractivity contribution in [2.75, 3.05) is 11.9 Å². The van der Waals surface area contributed by atoms with Gasteiger partial charge in [-0.15, -0.1) is 11.3 Å². The van der Waals surface area contributed by atoms with Gasteiger partial charge in [-0.3, -0.25) is 0 Å². The van der Waals surface area contributed by atoms with Crippen molar-refractivity contribution < 1.29 is 0 Å². The Balaban J connectivity index is 1.96. The lowest BCUT2D eigenvalue weighted by molar-refractivity contribution is 0.834. The number of aryl methyl sites for hydroxylation is 2. The van der Waals surface area contributed by atoms with E-state index in [2.05, 4.69) is 47.2 Å². The van der Waals surface area contributed by atoms with Crippen LogP contribution >= 0.6 is 11.3 Å². The van der Waals surface area contributed by atoms with E-state index >= 15 is 0 Å². The first-order valence-corrected chi connectivity index (χ1v) is 7.03. The molecule has 19 heavy (non-hydrogen) atoms. The molecule has 0 radical (unpaired) electrons. The van der Waals surface area contributed by atoms with Crippen LogP contribution in [-0.4, -0.2) is 21.6 Å². The van der Waals surface area contributed by atoms with E-state index in [0.29, 0.717) is 0 Å². The maximum Gasteiger partial charge on any atom is 0.157 e. The summed E-state index contributed by atoms with van der Waals surface area (Å²) in [7, 11) is 2.09. The fourth-order valence-corrected chi connectivity index (χ4v) is 3.12. The van der Waals surface area contributed by atoms with Crippen LogP contribution in [0.15, 0.2) is 30.5 Å². The van der Waals surface area contributed by atoms with Gasteiger partial charge < -0.3 is 4.90 Å². The average Bonchev–Trinajstić information content (AvgIpc) is 2.96. The highest BCUT2D eigenvalue weighted by atomic mass is 32.1. The number of anilines is 1. The molecule has 3 heterocycles. The van der Waals surface area contributed by atoms with Crippen LogP contribution in [0.3, 0.4) is 0 Å². The molecule has 0 aliphatic rings. The molecule has 0 fully saturated rings. The second-order valence-electron chi connectivity index (χ2n) is 4.73. The van der Waals surface area contributed by atoms with E-state index in [-0.39, 0.29) is 0 Å². The molecule has 0 unspecified atom stereocenters. The summed E-state index contributed by atoms with van der Waals surface area (Å²) in [6.45, 7) is 5.03. The fourth-order valence-electron chi connectivity index (χ4n) is 2.18. The second-order valence-corrected chi connectivity index (χ2v) is 6.10. The quantitative estimate of drug-likeness (QED) is 0.735. The van der Waals surface area contributed by atoms with Crippen LogP contribution in [0.2, 0.25) is 0 Å². The third-order valence-electron chi connectivity index (χ3n) is 3.05. The molecule has 98 valence electrons. The summed E-state index contributed by atoms with van der Waals surface area (Å²) in [4.78, 5) is 9.38.